The largest absolute Gasteiger partial charge is 0.352 e. The number of benzene rings is 1. The van der Waals surface area contributed by atoms with Crippen LogP contribution in [0.15, 0.2) is 18.2 Å². The minimum absolute atomic E-state index is 0.0309. The normalized spacial score (nSPS) is 12.5. The van der Waals surface area contributed by atoms with Gasteiger partial charge in [-0.2, -0.15) is 0 Å². The van der Waals surface area contributed by atoms with Crippen LogP contribution in [0, 0.1) is 12.3 Å². The van der Waals surface area contributed by atoms with E-state index in [2.05, 4.69) is 16.6 Å². The van der Waals surface area contributed by atoms with E-state index in [1.807, 2.05) is 0 Å². The lowest BCUT2D eigenvalue weighted by Crippen LogP contribution is -2.24. The fourth-order valence-corrected chi connectivity index (χ4v) is 1.86. The molecule has 0 saturated heterocycles. The Balaban J connectivity index is 1.98. The van der Waals surface area contributed by atoms with Crippen molar-refractivity contribution in [3.05, 3.63) is 29.3 Å². The molecule has 1 aromatic rings. The molecule has 1 aromatic carbocycles. The summed E-state index contributed by atoms with van der Waals surface area (Å²) >= 11 is 0. The Labute approximate surface area is 106 Å². The van der Waals surface area contributed by atoms with Gasteiger partial charge in [0, 0.05) is 24.2 Å². The number of hydrogen-bond acceptors (Lipinski definition) is 2. The zero-order valence-corrected chi connectivity index (χ0v) is 9.95. The van der Waals surface area contributed by atoms with Crippen molar-refractivity contribution in [2.75, 3.05) is 11.9 Å². The summed E-state index contributed by atoms with van der Waals surface area (Å²) in [5, 5.41) is 5.53. The summed E-state index contributed by atoms with van der Waals surface area (Å²) in [6.45, 7) is 0.567. The van der Waals surface area contributed by atoms with Crippen molar-refractivity contribution in [2.45, 2.75) is 19.3 Å². The van der Waals surface area contributed by atoms with Gasteiger partial charge in [0.05, 0.1) is 6.42 Å². The average molecular weight is 242 g/mol. The smallest absolute Gasteiger partial charge is 0.251 e. The van der Waals surface area contributed by atoms with Crippen molar-refractivity contribution in [3.63, 3.8) is 0 Å². The molecule has 0 unspecified atom stereocenters. The minimum atomic E-state index is -0.130. The molecule has 4 nitrogen and oxygen atoms in total. The van der Waals surface area contributed by atoms with Crippen molar-refractivity contribution >= 4 is 17.5 Å². The van der Waals surface area contributed by atoms with Crippen LogP contribution in [0.3, 0.4) is 0 Å². The molecule has 2 amide bonds. The molecule has 0 bridgehead atoms. The highest BCUT2D eigenvalue weighted by molar-refractivity contribution is 6.01. The number of unbranched alkanes of at least 4 members (excludes halogenated alkanes) is 1. The molecule has 1 heterocycles. The molecule has 2 N–H and O–H groups in total. The second-order valence-electron chi connectivity index (χ2n) is 4.16. The van der Waals surface area contributed by atoms with Crippen molar-refractivity contribution < 1.29 is 9.59 Å². The summed E-state index contributed by atoms with van der Waals surface area (Å²) in [7, 11) is 0. The van der Waals surface area contributed by atoms with Gasteiger partial charge in [0.1, 0.15) is 0 Å². The van der Waals surface area contributed by atoms with Crippen LogP contribution in [0.1, 0.15) is 28.8 Å². The summed E-state index contributed by atoms with van der Waals surface area (Å²) in [4.78, 5) is 23.0. The predicted molar refractivity (Wildman–Crippen MR) is 69.2 cm³/mol. The molecule has 1 aliphatic rings. The molecule has 1 aliphatic heterocycles. The first-order chi connectivity index (χ1) is 8.70. The highest BCUT2D eigenvalue weighted by Gasteiger charge is 2.18. The zero-order chi connectivity index (χ0) is 13.0. The van der Waals surface area contributed by atoms with Crippen molar-refractivity contribution in [1.82, 2.24) is 5.32 Å². The summed E-state index contributed by atoms with van der Waals surface area (Å²) < 4.78 is 0. The highest BCUT2D eigenvalue weighted by atomic mass is 16.2. The van der Waals surface area contributed by atoms with Gasteiger partial charge in [-0.3, -0.25) is 9.59 Å². The predicted octanol–water partition coefficient (Wildman–Crippen LogP) is 1.32. The third-order valence-corrected chi connectivity index (χ3v) is 2.78. The fraction of sp³-hybridized carbons (Fsp3) is 0.286. The van der Waals surface area contributed by atoms with E-state index in [9.17, 15) is 9.59 Å². The van der Waals surface area contributed by atoms with Crippen molar-refractivity contribution in [3.8, 4) is 12.3 Å². The van der Waals surface area contributed by atoms with Crippen LogP contribution < -0.4 is 10.6 Å². The Kier molecular flexibility index (Phi) is 3.63. The Morgan fingerprint density at radius 3 is 3.11 bits per heavy atom. The highest BCUT2D eigenvalue weighted by Crippen LogP contribution is 2.23. The van der Waals surface area contributed by atoms with E-state index in [1.165, 1.54) is 0 Å². The SMILES string of the molecule is C#CCCCNC(=O)c1ccc2c(c1)CC(=O)N2. The third-order valence-electron chi connectivity index (χ3n) is 2.78. The van der Waals surface area contributed by atoms with E-state index in [-0.39, 0.29) is 11.8 Å². The van der Waals surface area contributed by atoms with Crippen LogP contribution in [0.4, 0.5) is 5.69 Å². The molecule has 18 heavy (non-hydrogen) atoms. The van der Waals surface area contributed by atoms with Crippen LogP contribution >= 0.6 is 0 Å². The van der Waals surface area contributed by atoms with Gasteiger partial charge < -0.3 is 10.6 Å². The van der Waals surface area contributed by atoms with Gasteiger partial charge in [0.25, 0.3) is 5.91 Å². The number of nitrogens with one attached hydrogen (secondary N) is 2. The molecule has 92 valence electrons. The van der Waals surface area contributed by atoms with E-state index in [0.29, 0.717) is 24.9 Å². The van der Waals surface area contributed by atoms with E-state index in [4.69, 9.17) is 6.42 Å². The molecule has 0 radical (unpaired) electrons. The maximum atomic E-state index is 11.8. The van der Waals surface area contributed by atoms with Gasteiger partial charge in [0.2, 0.25) is 5.91 Å². The van der Waals surface area contributed by atoms with Crippen LogP contribution in [0.5, 0.6) is 0 Å². The Morgan fingerprint density at radius 2 is 2.33 bits per heavy atom. The first-order valence-corrected chi connectivity index (χ1v) is 5.85. The van der Waals surface area contributed by atoms with Gasteiger partial charge in [0.15, 0.2) is 0 Å². The number of rotatable bonds is 4. The molecule has 0 fully saturated rings. The lowest BCUT2D eigenvalue weighted by molar-refractivity contribution is -0.115. The molecule has 2 rings (SSSR count). The number of carbonyl (C=O) groups is 2. The van der Waals surface area contributed by atoms with Gasteiger partial charge >= 0.3 is 0 Å². The lowest BCUT2D eigenvalue weighted by atomic mass is 10.1. The van der Waals surface area contributed by atoms with Gasteiger partial charge in [-0.05, 0) is 30.2 Å². The van der Waals surface area contributed by atoms with Crippen LogP contribution in [-0.2, 0) is 11.2 Å². The molecule has 0 aliphatic carbocycles. The fourth-order valence-electron chi connectivity index (χ4n) is 1.86. The summed E-state index contributed by atoms with van der Waals surface area (Å²) in [5.41, 5.74) is 2.24. The first kappa shape index (κ1) is 12.2. The summed E-state index contributed by atoms with van der Waals surface area (Å²) in [6, 6.07) is 5.22. The number of anilines is 1. The van der Waals surface area contributed by atoms with Gasteiger partial charge in [-0.15, -0.1) is 12.3 Å². The van der Waals surface area contributed by atoms with Crippen LogP contribution in [-0.4, -0.2) is 18.4 Å². The Morgan fingerprint density at radius 1 is 1.50 bits per heavy atom. The standard InChI is InChI=1S/C14H14N2O2/c1-2-3-4-7-15-14(18)10-5-6-12-11(8-10)9-13(17)16-12/h1,5-6,8H,3-4,7,9H2,(H,15,18)(H,16,17). The van der Waals surface area contributed by atoms with Gasteiger partial charge in [-0.25, -0.2) is 0 Å². The molecule has 0 atom stereocenters. The number of terminal acetylenes is 1. The number of carbonyl (C=O) groups excluding carboxylic acids is 2. The monoisotopic (exact) mass is 242 g/mol. The number of hydrogen-bond donors (Lipinski definition) is 2. The lowest BCUT2D eigenvalue weighted by Gasteiger charge is -2.05. The second kappa shape index (κ2) is 5.37. The maximum absolute atomic E-state index is 11.8. The van der Waals surface area contributed by atoms with Crippen LogP contribution in [0.25, 0.3) is 0 Å². The molecule has 0 spiro atoms. The zero-order valence-electron chi connectivity index (χ0n) is 9.95. The van der Waals surface area contributed by atoms with E-state index >= 15 is 0 Å². The third kappa shape index (κ3) is 2.69. The molecule has 4 heteroatoms. The second-order valence-corrected chi connectivity index (χ2v) is 4.16. The molecular weight excluding hydrogens is 228 g/mol. The van der Waals surface area contributed by atoms with Gasteiger partial charge in [-0.1, -0.05) is 0 Å². The van der Waals surface area contributed by atoms with Crippen molar-refractivity contribution in [2.24, 2.45) is 0 Å². The summed E-state index contributed by atoms with van der Waals surface area (Å²) in [5.74, 6) is 2.36. The summed E-state index contributed by atoms with van der Waals surface area (Å²) in [6.07, 6.45) is 6.90. The number of fused-ring (bicyclic) bond motifs is 1. The topological polar surface area (TPSA) is 58.2 Å². The van der Waals surface area contributed by atoms with E-state index in [0.717, 1.165) is 17.7 Å². The molecule has 0 aromatic heterocycles. The van der Waals surface area contributed by atoms with Crippen LogP contribution in [0.2, 0.25) is 0 Å². The Bertz CT molecular complexity index is 529. The van der Waals surface area contributed by atoms with Crippen molar-refractivity contribution in [1.29, 1.82) is 0 Å². The molecular formula is C14H14N2O2. The average Bonchev–Trinajstić information content (AvgIpc) is 2.73. The minimum Gasteiger partial charge on any atom is -0.352 e. The maximum Gasteiger partial charge on any atom is 0.251 e. The van der Waals surface area contributed by atoms with E-state index in [1.54, 1.807) is 18.2 Å². The quantitative estimate of drug-likeness (QED) is 0.618. The first-order valence-electron chi connectivity index (χ1n) is 5.85. The molecule has 0 saturated carbocycles. The Hall–Kier alpha value is -2.28. The number of amides is 2. The van der Waals surface area contributed by atoms with E-state index < -0.39 is 0 Å².